The van der Waals surface area contributed by atoms with Crippen LogP contribution in [0.4, 0.5) is 0 Å². The average molecular weight is 281 g/mol. The van der Waals surface area contributed by atoms with Gasteiger partial charge >= 0.3 is 0 Å². The molecule has 0 atom stereocenters. The molecule has 0 saturated heterocycles. The minimum atomic E-state index is 0.733. The second kappa shape index (κ2) is 7.29. The van der Waals surface area contributed by atoms with E-state index in [4.69, 9.17) is 9.47 Å². The number of ether oxygens (including phenoxy) is 2. The first-order valence-corrected chi connectivity index (χ1v) is 6.71. The lowest BCUT2D eigenvalue weighted by Gasteiger charge is -2.07. The predicted octanol–water partition coefficient (Wildman–Crippen LogP) is 4.22. The smallest absolute Gasteiger partial charge is 0.161 e. The molecule has 0 amide bonds. The van der Waals surface area contributed by atoms with E-state index in [0.29, 0.717) is 0 Å². The van der Waals surface area contributed by atoms with Crippen LogP contribution in [-0.2, 0) is 0 Å². The number of benzene rings is 1. The van der Waals surface area contributed by atoms with Gasteiger partial charge < -0.3 is 9.47 Å². The summed E-state index contributed by atoms with van der Waals surface area (Å²) in [6, 6.07) is 9.82. The van der Waals surface area contributed by atoms with E-state index in [2.05, 4.69) is 30.1 Å². The fourth-order valence-electron chi connectivity index (χ4n) is 1.96. The van der Waals surface area contributed by atoms with Gasteiger partial charge in [0.1, 0.15) is 0 Å². The maximum atomic E-state index is 5.31. The van der Waals surface area contributed by atoms with Crippen molar-refractivity contribution in [1.29, 1.82) is 0 Å². The fourth-order valence-corrected chi connectivity index (χ4v) is 1.96. The summed E-state index contributed by atoms with van der Waals surface area (Å²) < 4.78 is 10.5. The quantitative estimate of drug-likeness (QED) is 0.769. The van der Waals surface area contributed by atoms with Crippen molar-refractivity contribution < 1.29 is 9.47 Å². The van der Waals surface area contributed by atoms with Crippen molar-refractivity contribution in [3.63, 3.8) is 0 Å². The number of aromatic nitrogens is 1. The number of methoxy groups -OCH3 is 2. The molecule has 0 saturated carbocycles. The number of nitrogens with zero attached hydrogens (tertiary/aromatic N) is 1. The van der Waals surface area contributed by atoms with Crippen molar-refractivity contribution in [2.45, 2.75) is 6.92 Å². The van der Waals surface area contributed by atoms with Crippen molar-refractivity contribution in [3.8, 4) is 11.5 Å². The Kier molecular flexibility index (Phi) is 5.16. The average Bonchev–Trinajstić information content (AvgIpc) is 2.53. The highest BCUT2D eigenvalue weighted by atomic mass is 16.5. The van der Waals surface area contributed by atoms with Crippen LogP contribution in [-0.4, -0.2) is 19.2 Å². The molecule has 1 heterocycles. The van der Waals surface area contributed by atoms with E-state index in [1.54, 1.807) is 26.6 Å². The Labute approximate surface area is 125 Å². The van der Waals surface area contributed by atoms with Crippen LogP contribution in [0.5, 0.6) is 11.5 Å². The third kappa shape index (κ3) is 4.21. The molecule has 3 heteroatoms. The molecular formula is C18H19NO2. The maximum absolute atomic E-state index is 5.31. The molecule has 0 aliphatic carbocycles. The first-order valence-electron chi connectivity index (χ1n) is 6.71. The third-order valence-corrected chi connectivity index (χ3v) is 3.05. The molecule has 0 aliphatic rings. The zero-order valence-electron chi connectivity index (χ0n) is 12.5. The van der Waals surface area contributed by atoms with Crippen LogP contribution >= 0.6 is 0 Å². The Morgan fingerprint density at radius 2 is 1.67 bits per heavy atom. The van der Waals surface area contributed by atoms with Gasteiger partial charge in [0.25, 0.3) is 0 Å². The van der Waals surface area contributed by atoms with Crippen LogP contribution < -0.4 is 9.47 Å². The second-order valence-corrected chi connectivity index (χ2v) is 4.62. The fraction of sp³-hybridized carbons (Fsp3) is 0.167. The van der Waals surface area contributed by atoms with Crippen LogP contribution in [0.1, 0.15) is 18.1 Å². The van der Waals surface area contributed by atoms with Gasteiger partial charge in [-0.05, 0) is 42.3 Å². The van der Waals surface area contributed by atoms with Crippen LogP contribution in [0.25, 0.3) is 12.2 Å². The molecule has 1 aromatic carbocycles. The standard InChI is InChI=1S/C18H19NO2/c1-14(4-5-15-8-10-19-11-9-15)12-16-6-7-17(20-2)18(13-16)21-3/h4-13H,1-3H3/b5-4+,14-12+. The van der Waals surface area contributed by atoms with Gasteiger partial charge in [0.15, 0.2) is 11.5 Å². The van der Waals surface area contributed by atoms with E-state index < -0.39 is 0 Å². The second-order valence-electron chi connectivity index (χ2n) is 4.62. The first kappa shape index (κ1) is 14.9. The van der Waals surface area contributed by atoms with Gasteiger partial charge in [-0.15, -0.1) is 0 Å². The summed E-state index contributed by atoms with van der Waals surface area (Å²) in [6.45, 7) is 2.06. The monoisotopic (exact) mass is 281 g/mol. The summed E-state index contributed by atoms with van der Waals surface area (Å²) in [6.07, 6.45) is 9.81. The minimum absolute atomic E-state index is 0.733. The van der Waals surface area contributed by atoms with Crippen LogP contribution in [0.3, 0.4) is 0 Å². The largest absolute Gasteiger partial charge is 0.493 e. The Morgan fingerprint density at radius 3 is 2.33 bits per heavy atom. The Bertz CT molecular complexity index is 646. The summed E-state index contributed by atoms with van der Waals surface area (Å²) in [5, 5.41) is 0. The van der Waals surface area contributed by atoms with Gasteiger partial charge in [0, 0.05) is 12.4 Å². The van der Waals surface area contributed by atoms with E-state index in [1.165, 1.54) is 0 Å². The van der Waals surface area contributed by atoms with Gasteiger partial charge in [-0.2, -0.15) is 0 Å². The molecule has 108 valence electrons. The van der Waals surface area contributed by atoms with Gasteiger partial charge in [0.05, 0.1) is 14.2 Å². The normalized spacial score (nSPS) is 11.7. The van der Waals surface area contributed by atoms with Crippen molar-refractivity contribution in [3.05, 3.63) is 65.5 Å². The number of hydrogen-bond donors (Lipinski definition) is 0. The molecule has 2 aromatic rings. The zero-order chi connectivity index (χ0) is 15.1. The van der Waals surface area contributed by atoms with Crippen LogP contribution in [0, 0.1) is 0 Å². The summed E-state index contributed by atoms with van der Waals surface area (Å²) in [4.78, 5) is 4.00. The summed E-state index contributed by atoms with van der Waals surface area (Å²) >= 11 is 0. The maximum Gasteiger partial charge on any atom is 0.161 e. The van der Waals surface area contributed by atoms with Gasteiger partial charge in [-0.1, -0.05) is 29.9 Å². The molecule has 0 aliphatic heterocycles. The van der Waals surface area contributed by atoms with E-state index in [1.807, 2.05) is 30.3 Å². The molecule has 0 unspecified atom stereocenters. The molecule has 0 N–H and O–H groups in total. The van der Waals surface area contributed by atoms with Gasteiger partial charge in [0.2, 0.25) is 0 Å². The molecule has 21 heavy (non-hydrogen) atoms. The Morgan fingerprint density at radius 1 is 0.952 bits per heavy atom. The molecular weight excluding hydrogens is 262 g/mol. The summed E-state index contributed by atoms with van der Waals surface area (Å²) in [5.41, 5.74) is 3.36. The molecule has 2 rings (SSSR count). The molecule has 0 radical (unpaired) electrons. The van der Waals surface area contributed by atoms with Crippen molar-refractivity contribution in [1.82, 2.24) is 4.98 Å². The molecule has 3 nitrogen and oxygen atoms in total. The van der Waals surface area contributed by atoms with Crippen LogP contribution in [0.15, 0.2) is 54.4 Å². The molecule has 0 bridgehead atoms. The SMILES string of the molecule is COc1ccc(/C=C(C)/C=C/c2ccncc2)cc1OC. The van der Waals surface area contributed by atoms with Gasteiger partial charge in [-0.25, -0.2) is 0 Å². The minimum Gasteiger partial charge on any atom is -0.493 e. The first-order chi connectivity index (χ1) is 10.2. The molecule has 0 spiro atoms. The van der Waals surface area contributed by atoms with E-state index in [0.717, 1.165) is 28.2 Å². The highest BCUT2D eigenvalue weighted by Gasteiger charge is 2.02. The molecule has 1 aromatic heterocycles. The summed E-state index contributed by atoms with van der Waals surface area (Å²) in [5.74, 6) is 1.47. The predicted molar refractivity (Wildman–Crippen MR) is 86.5 cm³/mol. The van der Waals surface area contributed by atoms with Crippen molar-refractivity contribution in [2.75, 3.05) is 14.2 Å². The van der Waals surface area contributed by atoms with Gasteiger partial charge in [-0.3, -0.25) is 4.98 Å². The lowest BCUT2D eigenvalue weighted by Crippen LogP contribution is -1.90. The Balaban J connectivity index is 2.17. The number of hydrogen-bond acceptors (Lipinski definition) is 3. The topological polar surface area (TPSA) is 31.4 Å². The third-order valence-electron chi connectivity index (χ3n) is 3.05. The number of allylic oxidation sites excluding steroid dienone is 2. The van der Waals surface area contributed by atoms with Crippen LogP contribution in [0.2, 0.25) is 0 Å². The lowest BCUT2D eigenvalue weighted by molar-refractivity contribution is 0.355. The number of pyridine rings is 1. The zero-order valence-corrected chi connectivity index (χ0v) is 12.5. The summed E-state index contributed by atoms with van der Waals surface area (Å²) in [7, 11) is 3.28. The Hall–Kier alpha value is -2.55. The number of rotatable bonds is 5. The lowest BCUT2D eigenvalue weighted by atomic mass is 10.1. The van der Waals surface area contributed by atoms with Crippen molar-refractivity contribution >= 4 is 12.2 Å². The highest BCUT2D eigenvalue weighted by molar-refractivity contribution is 5.62. The van der Waals surface area contributed by atoms with E-state index in [9.17, 15) is 0 Å². The van der Waals surface area contributed by atoms with E-state index in [-0.39, 0.29) is 0 Å². The highest BCUT2D eigenvalue weighted by Crippen LogP contribution is 2.28. The van der Waals surface area contributed by atoms with Crippen molar-refractivity contribution in [2.24, 2.45) is 0 Å². The molecule has 0 fully saturated rings. The van der Waals surface area contributed by atoms with E-state index >= 15 is 0 Å².